The number of para-hydroxylation sites is 1. The van der Waals surface area contributed by atoms with Crippen molar-refractivity contribution in [1.82, 2.24) is 0 Å². The summed E-state index contributed by atoms with van der Waals surface area (Å²) in [7, 11) is 0. The monoisotopic (exact) mass is 366 g/mol. The molecule has 2 rings (SSSR count). The molecule has 1 unspecified atom stereocenters. The molecule has 0 saturated carbocycles. The highest BCUT2D eigenvalue weighted by atomic mass is 79.9. The molecule has 1 amide bonds. The van der Waals surface area contributed by atoms with Gasteiger partial charge in [-0.25, -0.2) is 0 Å². The maximum Gasteiger partial charge on any atom is 0.247 e. The molecule has 0 aliphatic carbocycles. The standard InChI is InChI=1S/C16H16BrClN2O/c1-2-16(15(19)21,11-7-9-12(17)10-8-11)20-14-6-4-3-5-13(14)18/h3-10,20H,2H2,1H3,(H2,19,21). The summed E-state index contributed by atoms with van der Waals surface area (Å²) in [6, 6.07) is 14.8. The molecule has 2 aromatic rings. The van der Waals surface area contributed by atoms with E-state index in [0.29, 0.717) is 17.1 Å². The lowest BCUT2D eigenvalue weighted by molar-refractivity contribution is -0.122. The highest BCUT2D eigenvalue weighted by Crippen LogP contribution is 2.33. The Morgan fingerprint density at radius 1 is 1.24 bits per heavy atom. The number of hydrogen-bond acceptors (Lipinski definition) is 2. The van der Waals surface area contributed by atoms with Crippen LogP contribution >= 0.6 is 27.5 Å². The Morgan fingerprint density at radius 3 is 2.38 bits per heavy atom. The van der Waals surface area contributed by atoms with Crippen molar-refractivity contribution in [2.75, 3.05) is 5.32 Å². The number of benzene rings is 2. The molecule has 5 heteroatoms. The van der Waals surface area contributed by atoms with Crippen LogP contribution in [0.4, 0.5) is 5.69 Å². The molecule has 110 valence electrons. The lowest BCUT2D eigenvalue weighted by Gasteiger charge is -2.32. The summed E-state index contributed by atoms with van der Waals surface area (Å²) >= 11 is 9.57. The van der Waals surface area contributed by atoms with Crippen LogP contribution in [0, 0.1) is 0 Å². The SMILES string of the molecule is CCC(Nc1ccccc1Cl)(C(N)=O)c1ccc(Br)cc1. The largest absolute Gasteiger partial charge is 0.367 e. The van der Waals surface area contributed by atoms with Crippen LogP contribution in [-0.2, 0) is 10.3 Å². The van der Waals surface area contributed by atoms with Gasteiger partial charge >= 0.3 is 0 Å². The minimum atomic E-state index is -0.994. The summed E-state index contributed by atoms with van der Waals surface area (Å²) in [5.74, 6) is -0.438. The third-order valence-corrected chi connectivity index (χ3v) is 4.37. The molecule has 0 saturated heterocycles. The molecule has 1 atom stereocenters. The van der Waals surface area contributed by atoms with Gasteiger partial charge in [-0.3, -0.25) is 4.79 Å². The highest BCUT2D eigenvalue weighted by Gasteiger charge is 2.37. The van der Waals surface area contributed by atoms with Crippen molar-refractivity contribution in [2.24, 2.45) is 5.73 Å². The first-order valence-corrected chi connectivity index (χ1v) is 7.75. The Balaban J connectivity index is 2.50. The Labute approximate surface area is 137 Å². The third-order valence-electron chi connectivity index (χ3n) is 3.51. The fourth-order valence-corrected chi connectivity index (χ4v) is 2.72. The summed E-state index contributed by atoms with van der Waals surface area (Å²) in [5, 5.41) is 3.77. The summed E-state index contributed by atoms with van der Waals surface area (Å²) in [6.07, 6.45) is 0.509. The quantitative estimate of drug-likeness (QED) is 0.827. The maximum absolute atomic E-state index is 12.2. The van der Waals surface area contributed by atoms with Crippen molar-refractivity contribution >= 4 is 39.1 Å². The van der Waals surface area contributed by atoms with Gasteiger partial charge in [-0.15, -0.1) is 0 Å². The van der Waals surface area contributed by atoms with Crippen molar-refractivity contribution < 1.29 is 4.79 Å². The van der Waals surface area contributed by atoms with Gasteiger partial charge in [0.15, 0.2) is 0 Å². The molecule has 0 spiro atoms. The minimum absolute atomic E-state index is 0.438. The maximum atomic E-state index is 12.2. The van der Waals surface area contributed by atoms with Crippen LogP contribution in [0.25, 0.3) is 0 Å². The van der Waals surface area contributed by atoms with E-state index < -0.39 is 11.4 Å². The first-order valence-electron chi connectivity index (χ1n) is 6.58. The zero-order valence-electron chi connectivity index (χ0n) is 11.6. The van der Waals surface area contributed by atoms with Crippen LogP contribution in [0.1, 0.15) is 18.9 Å². The molecule has 0 fully saturated rings. The number of anilines is 1. The fraction of sp³-hybridized carbons (Fsp3) is 0.188. The topological polar surface area (TPSA) is 55.1 Å². The molecule has 2 aromatic carbocycles. The number of carbonyl (C=O) groups excluding carboxylic acids is 1. The van der Waals surface area contributed by atoms with Gasteiger partial charge in [-0.1, -0.05) is 58.7 Å². The zero-order valence-corrected chi connectivity index (χ0v) is 13.9. The van der Waals surface area contributed by atoms with Crippen molar-refractivity contribution in [1.29, 1.82) is 0 Å². The molecular weight excluding hydrogens is 352 g/mol. The predicted molar refractivity (Wildman–Crippen MR) is 90.4 cm³/mol. The van der Waals surface area contributed by atoms with E-state index in [4.69, 9.17) is 17.3 Å². The second-order valence-electron chi connectivity index (χ2n) is 4.73. The van der Waals surface area contributed by atoms with Gasteiger partial charge in [0.05, 0.1) is 10.7 Å². The van der Waals surface area contributed by atoms with Gasteiger partial charge in [-0.05, 0) is 36.2 Å². The third kappa shape index (κ3) is 3.22. The summed E-state index contributed by atoms with van der Waals surface area (Å²) in [6.45, 7) is 1.91. The average Bonchev–Trinajstić information content (AvgIpc) is 2.47. The highest BCUT2D eigenvalue weighted by molar-refractivity contribution is 9.10. The normalized spacial score (nSPS) is 13.5. The molecule has 0 aliphatic heterocycles. The first-order chi connectivity index (χ1) is 9.99. The lowest BCUT2D eigenvalue weighted by atomic mass is 9.86. The Bertz CT molecular complexity index is 645. The summed E-state index contributed by atoms with van der Waals surface area (Å²) < 4.78 is 0.943. The van der Waals surface area contributed by atoms with Gasteiger partial charge in [0.1, 0.15) is 5.54 Å². The molecule has 3 nitrogen and oxygen atoms in total. The van der Waals surface area contributed by atoms with Gasteiger partial charge < -0.3 is 11.1 Å². The first kappa shape index (κ1) is 15.9. The number of rotatable bonds is 5. The van der Waals surface area contributed by atoms with Crippen LogP contribution in [0.5, 0.6) is 0 Å². The van der Waals surface area contributed by atoms with Crippen LogP contribution in [0.15, 0.2) is 53.0 Å². The van der Waals surface area contributed by atoms with E-state index in [2.05, 4.69) is 21.2 Å². The van der Waals surface area contributed by atoms with Crippen molar-refractivity contribution in [3.05, 3.63) is 63.6 Å². The van der Waals surface area contributed by atoms with Crippen LogP contribution < -0.4 is 11.1 Å². The van der Waals surface area contributed by atoms with Gasteiger partial charge in [0.2, 0.25) is 5.91 Å². The van der Waals surface area contributed by atoms with Crippen molar-refractivity contribution in [3.8, 4) is 0 Å². The molecule has 0 heterocycles. The van der Waals surface area contributed by atoms with Gasteiger partial charge in [0.25, 0.3) is 0 Å². The Hall–Kier alpha value is -1.52. The van der Waals surface area contributed by atoms with Crippen LogP contribution in [0.3, 0.4) is 0 Å². The lowest BCUT2D eigenvalue weighted by Crippen LogP contribution is -2.47. The molecule has 0 radical (unpaired) electrons. The second-order valence-corrected chi connectivity index (χ2v) is 6.06. The van der Waals surface area contributed by atoms with E-state index in [-0.39, 0.29) is 0 Å². The molecule has 0 bridgehead atoms. The van der Waals surface area contributed by atoms with Crippen LogP contribution in [-0.4, -0.2) is 5.91 Å². The Kier molecular flexibility index (Phi) is 4.91. The molecular formula is C16H16BrClN2O. The summed E-state index contributed by atoms with van der Waals surface area (Å²) in [5.41, 5.74) is 6.19. The smallest absolute Gasteiger partial charge is 0.247 e. The molecule has 3 N–H and O–H groups in total. The average molecular weight is 368 g/mol. The molecule has 0 aromatic heterocycles. The van der Waals surface area contributed by atoms with Crippen LogP contribution in [0.2, 0.25) is 5.02 Å². The number of nitrogens with one attached hydrogen (secondary N) is 1. The minimum Gasteiger partial charge on any atom is -0.367 e. The Morgan fingerprint density at radius 2 is 1.86 bits per heavy atom. The van der Waals surface area contributed by atoms with Crippen molar-refractivity contribution in [3.63, 3.8) is 0 Å². The second kappa shape index (κ2) is 6.50. The zero-order chi connectivity index (χ0) is 15.5. The fourth-order valence-electron chi connectivity index (χ4n) is 2.27. The number of nitrogens with two attached hydrogens (primary N) is 1. The molecule has 0 aliphatic rings. The van der Waals surface area contributed by atoms with Crippen molar-refractivity contribution in [2.45, 2.75) is 18.9 Å². The molecule has 21 heavy (non-hydrogen) atoms. The summed E-state index contributed by atoms with van der Waals surface area (Å²) in [4.78, 5) is 12.2. The number of hydrogen-bond donors (Lipinski definition) is 2. The van der Waals surface area contributed by atoms with E-state index in [1.165, 1.54) is 0 Å². The van der Waals surface area contributed by atoms with E-state index in [9.17, 15) is 4.79 Å². The van der Waals surface area contributed by atoms with E-state index in [1.54, 1.807) is 6.07 Å². The predicted octanol–water partition coefficient (Wildman–Crippen LogP) is 4.31. The van der Waals surface area contributed by atoms with E-state index in [0.717, 1.165) is 10.0 Å². The number of amides is 1. The van der Waals surface area contributed by atoms with Gasteiger partial charge in [-0.2, -0.15) is 0 Å². The van der Waals surface area contributed by atoms with Gasteiger partial charge in [0, 0.05) is 4.47 Å². The number of carbonyl (C=O) groups is 1. The van der Waals surface area contributed by atoms with E-state index in [1.807, 2.05) is 49.4 Å². The van der Waals surface area contributed by atoms with E-state index >= 15 is 0 Å². The number of primary amides is 1. The number of halogens is 2.